The highest BCUT2D eigenvalue weighted by atomic mass is 79.9. The number of hydrogen-bond acceptors (Lipinski definition) is 6. The van der Waals surface area contributed by atoms with Crippen molar-refractivity contribution in [3.8, 4) is 0 Å². The lowest BCUT2D eigenvalue weighted by atomic mass is 9.51. The molecule has 3 aliphatic carbocycles. The molecule has 0 saturated carbocycles. The van der Waals surface area contributed by atoms with E-state index >= 15 is 0 Å². The summed E-state index contributed by atoms with van der Waals surface area (Å²) in [6.07, 6.45) is 0. The van der Waals surface area contributed by atoms with Crippen LogP contribution in [0.4, 0.5) is 11.4 Å². The van der Waals surface area contributed by atoms with E-state index < -0.39 is 45.0 Å². The molecule has 34 heavy (non-hydrogen) atoms. The van der Waals surface area contributed by atoms with E-state index in [1.165, 1.54) is 18.2 Å². The first-order valence-corrected chi connectivity index (χ1v) is 11.2. The molecule has 1 fully saturated rings. The predicted molar refractivity (Wildman–Crippen MR) is 123 cm³/mol. The summed E-state index contributed by atoms with van der Waals surface area (Å²) in [6, 6.07) is 17.6. The van der Waals surface area contributed by atoms with Crippen molar-refractivity contribution in [1.29, 1.82) is 0 Å². The van der Waals surface area contributed by atoms with Gasteiger partial charge in [0.05, 0.1) is 16.5 Å². The summed E-state index contributed by atoms with van der Waals surface area (Å²) >= 11 is 3.24. The van der Waals surface area contributed by atoms with Gasteiger partial charge in [0.2, 0.25) is 11.8 Å². The Morgan fingerprint density at radius 2 is 1.44 bits per heavy atom. The summed E-state index contributed by atoms with van der Waals surface area (Å²) in [4.78, 5) is 51.7. The maximum atomic E-state index is 13.9. The van der Waals surface area contributed by atoms with Crippen molar-refractivity contribution >= 4 is 39.1 Å². The third-order valence-corrected chi connectivity index (χ3v) is 7.88. The average Bonchev–Trinajstić information content (AvgIpc) is 3.09. The van der Waals surface area contributed by atoms with Crippen molar-refractivity contribution in [1.82, 2.24) is 0 Å². The lowest BCUT2D eigenvalue weighted by molar-refractivity contribution is -0.578. The van der Waals surface area contributed by atoms with Gasteiger partial charge in [-0.05, 0) is 33.1 Å². The maximum Gasteiger partial charge on any atom is 0.285 e. The molecule has 1 aliphatic heterocycles. The van der Waals surface area contributed by atoms with Crippen LogP contribution >= 0.6 is 15.9 Å². The van der Waals surface area contributed by atoms with E-state index in [2.05, 4.69) is 15.9 Å². The molecule has 2 bridgehead atoms. The topological polar surface area (TPSA) is 124 Å². The number of halogens is 1. The predicted octanol–water partition coefficient (Wildman–Crippen LogP) is 4.14. The lowest BCUT2D eigenvalue weighted by Crippen LogP contribution is -2.57. The second kappa shape index (κ2) is 6.80. The Morgan fingerprint density at radius 3 is 1.97 bits per heavy atom. The Morgan fingerprint density at radius 1 is 0.853 bits per heavy atom. The molecule has 7 rings (SSSR count). The summed E-state index contributed by atoms with van der Waals surface area (Å²) in [5.74, 6) is -3.96. The van der Waals surface area contributed by atoms with E-state index in [-0.39, 0.29) is 15.8 Å². The molecule has 10 heteroatoms. The van der Waals surface area contributed by atoms with Gasteiger partial charge in [0.1, 0.15) is 5.92 Å². The first kappa shape index (κ1) is 20.7. The summed E-state index contributed by atoms with van der Waals surface area (Å²) < 4.78 is 0.180. The van der Waals surface area contributed by atoms with Crippen LogP contribution in [0.3, 0.4) is 0 Å². The number of nitro benzene ring substituents is 1. The lowest BCUT2D eigenvalue weighted by Gasteiger charge is -2.48. The van der Waals surface area contributed by atoms with Gasteiger partial charge < -0.3 is 0 Å². The normalized spacial score (nSPS) is 26.1. The monoisotopic (exact) mass is 519 g/mol. The van der Waals surface area contributed by atoms with Crippen LogP contribution in [-0.4, -0.2) is 21.7 Å². The number of carbonyl (C=O) groups is 2. The van der Waals surface area contributed by atoms with Crippen LogP contribution in [0.5, 0.6) is 0 Å². The van der Waals surface area contributed by atoms with Gasteiger partial charge in [0, 0.05) is 38.6 Å². The Kier molecular flexibility index (Phi) is 4.13. The number of benzene rings is 3. The van der Waals surface area contributed by atoms with E-state index in [1.54, 1.807) is 48.5 Å². The van der Waals surface area contributed by atoms with Gasteiger partial charge in [-0.25, -0.2) is 4.90 Å². The SMILES string of the molecule is O=C1[C@@H]2C3c4ccccc4C([N+](=O)[O-])(c4ccccc43)[C@H]2C(=O)N1c1ccc([N+](=O)[O-])cc1Br. The average molecular weight is 520 g/mol. The van der Waals surface area contributed by atoms with Gasteiger partial charge in [-0.1, -0.05) is 48.5 Å². The molecule has 3 aromatic carbocycles. The van der Waals surface area contributed by atoms with Crippen molar-refractivity contribution in [2.45, 2.75) is 11.5 Å². The number of hydrogen-bond donors (Lipinski definition) is 0. The summed E-state index contributed by atoms with van der Waals surface area (Å²) in [7, 11) is 0. The minimum absolute atomic E-state index is 0.126. The fourth-order valence-corrected chi connectivity index (χ4v) is 6.61. The maximum absolute atomic E-state index is 13.9. The van der Waals surface area contributed by atoms with Gasteiger partial charge in [-0.15, -0.1) is 0 Å². The van der Waals surface area contributed by atoms with Crippen LogP contribution in [0.1, 0.15) is 28.2 Å². The van der Waals surface area contributed by atoms with Crippen LogP contribution in [0.2, 0.25) is 0 Å². The fraction of sp³-hybridized carbons (Fsp3) is 0.167. The molecule has 0 N–H and O–H groups in total. The van der Waals surface area contributed by atoms with Crippen LogP contribution in [0.15, 0.2) is 71.2 Å². The number of rotatable bonds is 3. The molecular formula is C24H14BrN3O6. The van der Waals surface area contributed by atoms with Crippen molar-refractivity contribution in [3.63, 3.8) is 0 Å². The van der Waals surface area contributed by atoms with E-state index in [4.69, 9.17) is 0 Å². The molecule has 2 atom stereocenters. The Balaban J connectivity index is 1.62. The van der Waals surface area contributed by atoms with Gasteiger partial charge in [0.15, 0.2) is 0 Å². The Hall–Kier alpha value is -3.92. The number of imide groups is 1. The van der Waals surface area contributed by atoms with Gasteiger partial charge in [-0.3, -0.25) is 29.8 Å². The highest BCUT2D eigenvalue weighted by Gasteiger charge is 2.74. The van der Waals surface area contributed by atoms with Crippen molar-refractivity contribution in [2.24, 2.45) is 11.8 Å². The first-order chi connectivity index (χ1) is 16.3. The minimum atomic E-state index is -1.92. The fourth-order valence-electron chi connectivity index (χ4n) is 6.07. The quantitative estimate of drug-likeness (QED) is 0.291. The van der Waals surface area contributed by atoms with E-state index in [1.807, 2.05) is 0 Å². The van der Waals surface area contributed by atoms with Crippen molar-refractivity contribution in [3.05, 3.63) is 114 Å². The van der Waals surface area contributed by atoms with Gasteiger partial charge in [0.25, 0.3) is 11.2 Å². The molecule has 0 radical (unpaired) electrons. The van der Waals surface area contributed by atoms with E-state index in [0.717, 1.165) is 4.90 Å². The molecule has 168 valence electrons. The van der Waals surface area contributed by atoms with Crippen molar-refractivity contribution < 1.29 is 19.4 Å². The third-order valence-electron chi connectivity index (χ3n) is 7.24. The molecule has 1 heterocycles. The summed E-state index contributed by atoms with van der Waals surface area (Å²) in [6.45, 7) is 0. The van der Waals surface area contributed by atoms with E-state index in [0.29, 0.717) is 22.3 Å². The minimum Gasteiger partial charge on any atom is -0.274 e. The van der Waals surface area contributed by atoms with Crippen LogP contribution in [0, 0.1) is 32.1 Å². The number of anilines is 1. The standard InChI is InChI=1S/C24H14BrN3O6/c25-17-11-12(27(31)32)9-10-18(17)26-22(29)20-19-13-5-1-3-7-15(13)24(28(33)34,21(20)23(26)30)16-8-4-2-6-14(16)19/h1-11,19-21H/t19?,20-,21-,24?/m1/s1. The molecule has 4 aliphatic rings. The molecule has 3 aromatic rings. The molecule has 1 saturated heterocycles. The smallest absolute Gasteiger partial charge is 0.274 e. The second-order valence-electron chi connectivity index (χ2n) is 8.58. The largest absolute Gasteiger partial charge is 0.285 e. The Labute approximate surface area is 200 Å². The van der Waals surface area contributed by atoms with E-state index in [9.17, 15) is 29.8 Å². The van der Waals surface area contributed by atoms with Gasteiger partial charge >= 0.3 is 0 Å². The second-order valence-corrected chi connectivity index (χ2v) is 9.44. The number of carbonyl (C=O) groups excluding carboxylic acids is 2. The zero-order valence-electron chi connectivity index (χ0n) is 17.3. The molecule has 2 amide bonds. The number of nitrogens with zero attached hydrogens (tertiary/aromatic N) is 3. The number of non-ortho nitro benzene ring substituents is 1. The highest BCUT2D eigenvalue weighted by molar-refractivity contribution is 9.10. The zero-order valence-corrected chi connectivity index (χ0v) is 18.8. The number of nitro groups is 2. The molecule has 9 nitrogen and oxygen atoms in total. The van der Waals surface area contributed by atoms with Crippen LogP contribution in [0.25, 0.3) is 0 Å². The summed E-state index contributed by atoms with van der Waals surface area (Å²) in [5.41, 5.74) is 0.192. The third kappa shape index (κ3) is 2.28. The molecule has 0 spiro atoms. The highest BCUT2D eigenvalue weighted by Crippen LogP contribution is 2.64. The number of amides is 2. The van der Waals surface area contributed by atoms with Crippen LogP contribution < -0.4 is 4.90 Å². The molecular weight excluding hydrogens is 506 g/mol. The molecule has 0 aromatic heterocycles. The zero-order chi connectivity index (χ0) is 23.9. The summed E-state index contributed by atoms with van der Waals surface area (Å²) in [5, 5.41) is 24.1. The Bertz CT molecular complexity index is 1420. The van der Waals surface area contributed by atoms with Crippen LogP contribution in [-0.2, 0) is 15.1 Å². The van der Waals surface area contributed by atoms with Gasteiger partial charge in [-0.2, -0.15) is 0 Å². The first-order valence-electron chi connectivity index (χ1n) is 10.4. The molecule has 0 unspecified atom stereocenters. The van der Waals surface area contributed by atoms with Crippen molar-refractivity contribution in [2.75, 3.05) is 4.90 Å².